The fraction of sp³-hybridized carbons (Fsp3) is 0.767. The molecule has 1 rings (SSSR count). The second kappa shape index (κ2) is 13.5. The predicted molar refractivity (Wildman–Crippen MR) is 167 cm³/mol. The van der Waals surface area contributed by atoms with Crippen LogP contribution in [0.5, 0.6) is 0 Å². The van der Waals surface area contributed by atoms with Crippen LogP contribution in [0.4, 0.5) is 0 Å². The van der Waals surface area contributed by atoms with E-state index in [0.29, 0.717) is 5.92 Å². The van der Waals surface area contributed by atoms with Crippen molar-refractivity contribution < 1.29 is 8.85 Å². The highest BCUT2D eigenvalue weighted by atomic mass is 32.1. The number of allylic oxidation sites excluding steroid dienone is 1. The lowest BCUT2D eigenvalue weighted by molar-refractivity contribution is 0.217. The lowest BCUT2D eigenvalue weighted by Crippen LogP contribution is -2.44. The van der Waals surface area contributed by atoms with Crippen molar-refractivity contribution in [3.8, 4) is 0 Å². The van der Waals surface area contributed by atoms with Crippen LogP contribution in [0.3, 0.4) is 0 Å². The van der Waals surface area contributed by atoms with E-state index in [4.69, 9.17) is 8.85 Å². The fourth-order valence-corrected chi connectivity index (χ4v) is 6.47. The van der Waals surface area contributed by atoms with Gasteiger partial charge in [-0.15, -0.1) is 11.3 Å². The van der Waals surface area contributed by atoms with Crippen LogP contribution in [-0.2, 0) is 8.85 Å². The first-order valence-corrected chi connectivity index (χ1v) is 20.5. The molecule has 0 fully saturated rings. The summed E-state index contributed by atoms with van der Waals surface area (Å²) in [5, 5.41) is 3.71. The molecule has 0 spiro atoms. The molecule has 208 valence electrons. The van der Waals surface area contributed by atoms with Crippen molar-refractivity contribution in [1.29, 1.82) is 0 Å². The van der Waals surface area contributed by atoms with Gasteiger partial charge < -0.3 is 8.85 Å². The van der Waals surface area contributed by atoms with Gasteiger partial charge in [0.25, 0.3) is 0 Å². The quantitative estimate of drug-likeness (QED) is 0.180. The lowest BCUT2D eigenvalue weighted by atomic mass is 10.0. The first-order valence-electron chi connectivity index (χ1n) is 13.8. The molecule has 0 aliphatic rings. The van der Waals surface area contributed by atoms with Gasteiger partial charge in [0, 0.05) is 12.0 Å². The Balaban J connectivity index is 2.77. The van der Waals surface area contributed by atoms with E-state index in [0.717, 1.165) is 30.2 Å². The van der Waals surface area contributed by atoms with Gasteiger partial charge in [-0.05, 0) is 100 Å². The van der Waals surface area contributed by atoms with Crippen molar-refractivity contribution in [3.63, 3.8) is 0 Å². The molecule has 0 N–H and O–H groups in total. The van der Waals surface area contributed by atoms with E-state index in [9.17, 15) is 0 Å². The first-order chi connectivity index (χ1) is 16.2. The molecule has 1 aromatic heterocycles. The van der Waals surface area contributed by atoms with Gasteiger partial charge in [-0.3, -0.25) is 0 Å². The zero-order chi connectivity index (χ0) is 27.9. The number of aryl methyl sites for hydroxylation is 1. The Morgan fingerprint density at radius 2 is 1.61 bits per heavy atom. The van der Waals surface area contributed by atoms with Crippen LogP contribution in [0.2, 0.25) is 36.3 Å². The van der Waals surface area contributed by atoms with Gasteiger partial charge in [-0.25, -0.2) is 4.98 Å². The zero-order valence-corrected chi connectivity index (χ0v) is 28.9. The number of hydrogen-bond acceptors (Lipinski definition) is 4. The summed E-state index contributed by atoms with van der Waals surface area (Å²) in [4.78, 5) is 4.65. The van der Waals surface area contributed by atoms with Gasteiger partial charge in [-0.2, -0.15) is 0 Å². The highest BCUT2D eigenvalue weighted by molar-refractivity contribution is 7.09. The molecule has 1 heterocycles. The minimum absolute atomic E-state index is 0.0970. The van der Waals surface area contributed by atoms with Crippen LogP contribution in [0.1, 0.15) is 98.7 Å². The van der Waals surface area contributed by atoms with Gasteiger partial charge in [0.1, 0.15) is 0 Å². The summed E-state index contributed by atoms with van der Waals surface area (Å²) in [6.45, 7) is 33.1. The molecular formula is C30H57NO2SSi2. The van der Waals surface area contributed by atoms with E-state index in [1.165, 1.54) is 24.0 Å². The second-order valence-corrected chi connectivity index (χ2v) is 24.5. The Hall–Kier alpha value is -0.536. The number of hydrogen-bond donors (Lipinski definition) is 0. The summed E-state index contributed by atoms with van der Waals surface area (Å²) < 4.78 is 13.4. The molecule has 2 atom stereocenters. The molecule has 1 aromatic rings. The number of nitrogens with zero attached hydrogens (tertiary/aromatic N) is 1. The summed E-state index contributed by atoms with van der Waals surface area (Å²) in [6, 6.07) is 0. The van der Waals surface area contributed by atoms with Crippen LogP contribution < -0.4 is 0 Å². The van der Waals surface area contributed by atoms with Crippen molar-refractivity contribution in [2.45, 2.75) is 137 Å². The Kier molecular flexibility index (Phi) is 12.6. The van der Waals surface area contributed by atoms with Crippen LogP contribution >= 0.6 is 11.3 Å². The van der Waals surface area contributed by atoms with Gasteiger partial charge in [-0.1, -0.05) is 60.1 Å². The molecule has 0 saturated carbocycles. The third kappa shape index (κ3) is 11.1. The first kappa shape index (κ1) is 33.5. The largest absolute Gasteiger partial charge is 0.417 e. The molecule has 0 aromatic carbocycles. The van der Waals surface area contributed by atoms with E-state index in [2.05, 4.69) is 118 Å². The molecule has 0 unspecified atom stereocenters. The summed E-state index contributed by atoms with van der Waals surface area (Å²) in [5.74, 6) is 0.605. The maximum atomic E-state index is 6.92. The molecule has 0 aliphatic heterocycles. The van der Waals surface area contributed by atoms with Crippen LogP contribution in [0.25, 0.3) is 6.08 Å². The Bertz CT molecular complexity index is 872. The van der Waals surface area contributed by atoms with Crippen molar-refractivity contribution in [2.24, 2.45) is 5.92 Å². The summed E-state index contributed by atoms with van der Waals surface area (Å²) in [6.07, 6.45) is 9.22. The molecule has 6 heteroatoms. The summed E-state index contributed by atoms with van der Waals surface area (Å²) in [7, 11) is -3.55. The third-order valence-corrected chi connectivity index (χ3v) is 18.0. The fourth-order valence-electron chi connectivity index (χ4n) is 3.42. The summed E-state index contributed by atoms with van der Waals surface area (Å²) in [5.41, 5.74) is 3.78. The van der Waals surface area contributed by atoms with Gasteiger partial charge in [0.05, 0.1) is 16.8 Å². The standard InChI is InChI=1S/C30H57NO2SSi2/c1-23(16-15-17-24(2)21-32-35(11,12)29(5,6)7)18-19-28(33-36(13,14)30(8,9)10)25(3)20-27-22-34-26(4)31-27/h18,20,22,24,28H,15-17,19,21H2,1-14H3/b23-18?,25-20+/t24-,28-/m0/s1. The second-order valence-electron chi connectivity index (χ2n) is 13.9. The topological polar surface area (TPSA) is 31.4 Å². The smallest absolute Gasteiger partial charge is 0.192 e. The summed E-state index contributed by atoms with van der Waals surface area (Å²) >= 11 is 1.70. The van der Waals surface area contributed by atoms with E-state index >= 15 is 0 Å². The van der Waals surface area contributed by atoms with Crippen LogP contribution in [0.15, 0.2) is 22.6 Å². The molecule has 0 aliphatic carbocycles. The van der Waals surface area contributed by atoms with Crippen LogP contribution in [0, 0.1) is 12.8 Å². The van der Waals surface area contributed by atoms with E-state index in [1.807, 2.05) is 0 Å². The zero-order valence-electron chi connectivity index (χ0n) is 26.1. The maximum Gasteiger partial charge on any atom is 0.192 e. The number of rotatable bonds is 13. The average Bonchev–Trinajstić information content (AvgIpc) is 3.12. The van der Waals surface area contributed by atoms with Gasteiger partial charge >= 0.3 is 0 Å². The molecule has 0 saturated heterocycles. The normalized spacial score (nSPS) is 16.4. The van der Waals surface area contributed by atoms with E-state index in [1.54, 1.807) is 11.3 Å². The van der Waals surface area contributed by atoms with Gasteiger partial charge in [0.2, 0.25) is 0 Å². The molecule has 3 nitrogen and oxygen atoms in total. The minimum atomic E-state index is -1.89. The molecule has 36 heavy (non-hydrogen) atoms. The van der Waals surface area contributed by atoms with Crippen molar-refractivity contribution in [1.82, 2.24) is 4.98 Å². The lowest BCUT2D eigenvalue weighted by Gasteiger charge is -2.39. The Morgan fingerprint density at radius 1 is 1.03 bits per heavy atom. The Labute approximate surface area is 230 Å². The highest BCUT2D eigenvalue weighted by Gasteiger charge is 2.39. The Morgan fingerprint density at radius 3 is 2.11 bits per heavy atom. The van der Waals surface area contributed by atoms with Crippen LogP contribution in [-0.4, -0.2) is 34.3 Å². The monoisotopic (exact) mass is 551 g/mol. The van der Waals surface area contributed by atoms with Crippen molar-refractivity contribution in [3.05, 3.63) is 33.3 Å². The van der Waals surface area contributed by atoms with Crippen molar-refractivity contribution in [2.75, 3.05) is 6.61 Å². The molecular weight excluding hydrogens is 495 g/mol. The molecule has 0 bridgehead atoms. The highest BCUT2D eigenvalue weighted by Crippen LogP contribution is 2.39. The third-order valence-electron chi connectivity index (χ3n) is 8.25. The molecule has 0 amide bonds. The predicted octanol–water partition coefficient (Wildman–Crippen LogP) is 10.4. The SMILES string of the molecule is CC(=CC[C@H](O[Si](C)(C)C(C)(C)C)/C(C)=C/c1csc(C)n1)CCC[C@H](C)CO[Si](C)(C)C(C)(C)C. The maximum absolute atomic E-state index is 6.92. The number of thiazole rings is 1. The number of aromatic nitrogens is 1. The van der Waals surface area contributed by atoms with Gasteiger partial charge in [0.15, 0.2) is 16.6 Å². The van der Waals surface area contributed by atoms with Crippen molar-refractivity contribution >= 4 is 34.0 Å². The van der Waals surface area contributed by atoms with E-state index in [-0.39, 0.29) is 16.2 Å². The minimum Gasteiger partial charge on any atom is -0.417 e. The molecule has 0 radical (unpaired) electrons. The van der Waals surface area contributed by atoms with E-state index < -0.39 is 16.6 Å². The average molecular weight is 552 g/mol.